The number of nitrogen functional groups attached to an aromatic ring is 1. The van der Waals surface area contributed by atoms with Crippen LogP contribution in [0.1, 0.15) is 47.5 Å². The molecule has 2 aliphatic rings. The van der Waals surface area contributed by atoms with Gasteiger partial charge in [-0.15, -0.1) is 0 Å². The molecule has 0 saturated heterocycles. The maximum absolute atomic E-state index is 12.7. The zero-order valence-corrected chi connectivity index (χ0v) is 15.0. The number of nitriles is 1. The number of hydrogen-bond acceptors (Lipinski definition) is 6. The molecule has 3 heterocycles. The molecule has 1 aliphatic carbocycles. The fourth-order valence-electron chi connectivity index (χ4n) is 3.91. The Balaban J connectivity index is 1.85. The number of anilines is 1. The highest BCUT2D eigenvalue weighted by atomic mass is 16.5. The first kappa shape index (κ1) is 16.6. The minimum absolute atomic E-state index is 0.149. The van der Waals surface area contributed by atoms with Crippen molar-refractivity contribution in [3.8, 4) is 17.2 Å². The largest absolute Gasteiger partial charge is 0.383 e. The third-order valence-corrected chi connectivity index (χ3v) is 5.54. The lowest BCUT2D eigenvalue weighted by molar-refractivity contribution is -0.139. The molecule has 7 nitrogen and oxygen atoms in total. The molecule has 0 spiro atoms. The molecule has 0 unspecified atom stereocenters. The molecule has 0 atom stereocenters. The van der Waals surface area contributed by atoms with E-state index in [1.54, 1.807) is 0 Å². The second-order valence-electron chi connectivity index (χ2n) is 7.12. The molecule has 1 amide bonds. The number of pyridine rings is 1. The van der Waals surface area contributed by atoms with Crippen molar-refractivity contribution in [3.05, 3.63) is 28.3 Å². The minimum atomic E-state index is 0.149. The van der Waals surface area contributed by atoms with E-state index in [0.29, 0.717) is 36.5 Å². The van der Waals surface area contributed by atoms with E-state index in [1.165, 1.54) is 0 Å². The van der Waals surface area contributed by atoms with Gasteiger partial charge in [-0.1, -0.05) is 11.6 Å². The van der Waals surface area contributed by atoms with Crippen molar-refractivity contribution in [3.63, 3.8) is 0 Å². The van der Waals surface area contributed by atoms with Crippen LogP contribution in [0.3, 0.4) is 0 Å². The number of carbonyl (C=O) groups excluding carboxylic acids is 1. The van der Waals surface area contributed by atoms with Gasteiger partial charge in [0.05, 0.1) is 11.4 Å². The number of nitrogens with two attached hydrogens (primary N) is 1. The SMILES string of the molecule is Cc1noc(C)c1-c1c(C#N)c(N)nc2c1CN(C(=O)C1CCC1)CC2. The lowest BCUT2D eigenvalue weighted by atomic mass is 9.83. The topological polar surface area (TPSA) is 109 Å². The Morgan fingerprint density at radius 2 is 2.12 bits per heavy atom. The lowest BCUT2D eigenvalue weighted by Gasteiger charge is -2.35. The van der Waals surface area contributed by atoms with Gasteiger partial charge in [0.1, 0.15) is 23.2 Å². The van der Waals surface area contributed by atoms with Crippen LogP contribution in [0.25, 0.3) is 11.1 Å². The summed E-state index contributed by atoms with van der Waals surface area (Å²) in [6, 6.07) is 2.19. The van der Waals surface area contributed by atoms with Crippen LogP contribution in [0.15, 0.2) is 4.52 Å². The highest BCUT2D eigenvalue weighted by molar-refractivity contribution is 5.84. The molecule has 0 bridgehead atoms. The first-order valence-electron chi connectivity index (χ1n) is 8.94. The molecule has 1 aliphatic heterocycles. The normalized spacial score (nSPS) is 16.7. The van der Waals surface area contributed by atoms with E-state index in [1.807, 2.05) is 18.7 Å². The molecule has 2 aromatic rings. The Bertz CT molecular complexity index is 917. The molecule has 2 aromatic heterocycles. The molecule has 26 heavy (non-hydrogen) atoms. The summed E-state index contributed by atoms with van der Waals surface area (Å²) in [5.74, 6) is 1.22. The predicted octanol–water partition coefficient (Wildman–Crippen LogP) is 2.49. The summed E-state index contributed by atoms with van der Waals surface area (Å²) >= 11 is 0. The van der Waals surface area contributed by atoms with E-state index in [2.05, 4.69) is 16.2 Å². The van der Waals surface area contributed by atoms with E-state index in [0.717, 1.165) is 41.6 Å². The van der Waals surface area contributed by atoms with Gasteiger partial charge in [0.2, 0.25) is 5.91 Å². The van der Waals surface area contributed by atoms with Crippen LogP contribution in [-0.4, -0.2) is 27.5 Å². The van der Waals surface area contributed by atoms with Gasteiger partial charge in [0.15, 0.2) is 0 Å². The van der Waals surface area contributed by atoms with Crippen LogP contribution in [-0.2, 0) is 17.8 Å². The summed E-state index contributed by atoms with van der Waals surface area (Å²) in [7, 11) is 0. The maximum Gasteiger partial charge on any atom is 0.225 e. The third kappa shape index (κ3) is 2.45. The number of amides is 1. The molecule has 0 aromatic carbocycles. The summed E-state index contributed by atoms with van der Waals surface area (Å²) in [4.78, 5) is 19.1. The summed E-state index contributed by atoms with van der Waals surface area (Å²) in [6.45, 7) is 4.75. The van der Waals surface area contributed by atoms with Gasteiger partial charge < -0.3 is 15.2 Å². The van der Waals surface area contributed by atoms with E-state index in [-0.39, 0.29) is 17.6 Å². The van der Waals surface area contributed by atoms with Gasteiger partial charge >= 0.3 is 0 Å². The smallest absolute Gasteiger partial charge is 0.225 e. The molecule has 134 valence electrons. The molecule has 0 radical (unpaired) electrons. The number of nitrogens with zero attached hydrogens (tertiary/aromatic N) is 4. The van der Waals surface area contributed by atoms with E-state index in [4.69, 9.17) is 10.3 Å². The maximum atomic E-state index is 12.7. The van der Waals surface area contributed by atoms with Crippen molar-refractivity contribution in [2.45, 2.75) is 46.1 Å². The van der Waals surface area contributed by atoms with Crippen LogP contribution < -0.4 is 5.73 Å². The van der Waals surface area contributed by atoms with Gasteiger partial charge in [0.25, 0.3) is 0 Å². The Morgan fingerprint density at radius 1 is 1.35 bits per heavy atom. The Labute approximate surface area is 151 Å². The van der Waals surface area contributed by atoms with Gasteiger partial charge in [-0.05, 0) is 26.7 Å². The molecular weight excluding hydrogens is 330 g/mol. The number of aromatic nitrogens is 2. The molecule has 7 heteroatoms. The highest BCUT2D eigenvalue weighted by Crippen LogP contribution is 2.39. The number of rotatable bonds is 2. The van der Waals surface area contributed by atoms with Crippen molar-refractivity contribution >= 4 is 11.7 Å². The number of aryl methyl sites for hydroxylation is 2. The van der Waals surface area contributed by atoms with Gasteiger partial charge in [-0.2, -0.15) is 5.26 Å². The number of carbonyl (C=O) groups is 1. The van der Waals surface area contributed by atoms with Crippen molar-refractivity contribution in [1.82, 2.24) is 15.0 Å². The number of hydrogen-bond donors (Lipinski definition) is 1. The monoisotopic (exact) mass is 351 g/mol. The van der Waals surface area contributed by atoms with E-state index >= 15 is 0 Å². The average Bonchev–Trinajstić information content (AvgIpc) is 2.90. The van der Waals surface area contributed by atoms with E-state index < -0.39 is 0 Å². The lowest BCUT2D eigenvalue weighted by Crippen LogP contribution is -2.42. The Morgan fingerprint density at radius 3 is 2.69 bits per heavy atom. The quantitative estimate of drug-likeness (QED) is 0.890. The first-order chi connectivity index (χ1) is 12.5. The summed E-state index contributed by atoms with van der Waals surface area (Å²) < 4.78 is 5.32. The zero-order chi connectivity index (χ0) is 18.4. The van der Waals surface area contributed by atoms with Gasteiger partial charge in [-0.3, -0.25) is 4.79 Å². The van der Waals surface area contributed by atoms with E-state index in [9.17, 15) is 10.1 Å². The minimum Gasteiger partial charge on any atom is -0.383 e. The van der Waals surface area contributed by atoms with Crippen LogP contribution in [0.5, 0.6) is 0 Å². The van der Waals surface area contributed by atoms with Gasteiger partial charge in [-0.25, -0.2) is 4.98 Å². The Hall–Kier alpha value is -2.88. The predicted molar refractivity (Wildman–Crippen MR) is 94.8 cm³/mol. The molecule has 1 saturated carbocycles. The summed E-state index contributed by atoms with van der Waals surface area (Å²) in [5, 5.41) is 13.7. The van der Waals surface area contributed by atoms with Crippen LogP contribution in [0.4, 0.5) is 5.82 Å². The molecule has 4 rings (SSSR count). The second-order valence-corrected chi connectivity index (χ2v) is 7.12. The van der Waals surface area contributed by atoms with Crippen molar-refractivity contribution in [1.29, 1.82) is 5.26 Å². The average molecular weight is 351 g/mol. The molecular formula is C19H21N5O2. The van der Waals surface area contributed by atoms with Gasteiger partial charge in [0, 0.05) is 42.1 Å². The fourth-order valence-corrected chi connectivity index (χ4v) is 3.91. The number of fused-ring (bicyclic) bond motifs is 1. The van der Waals surface area contributed by atoms with Crippen molar-refractivity contribution < 1.29 is 9.32 Å². The summed E-state index contributed by atoms with van der Waals surface area (Å²) in [5.41, 5.74) is 10.4. The zero-order valence-electron chi connectivity index (χ0n) is 15.0. The third-order valence-electron chi connectivity index (χ3n) is 5.54. The first-order valence-corrected chi connectivity index (χ1v) is 8.94. The highest BCUT2D eigenvalue weighted by Gasteiger charge is 2.34. The molecule has 1 fully saturated rings. The van der Waals surface area contributed by atoms with Crippen LogP contribution in [0, 0.1) is 31.1 Å². The second kappa shape index (κ2) is 6.13. The standard InChI is InChI=1S/C19H21N5O2/c1-10-16(11(2)26-23-10)17-13(8-20)18(21)22-15-6-7-24(9-14(15)17)19(25)12-4-3-5-12/h12H,3-7,9H2,1-2H3,(H2,21,22). The van der Waals surface area contributed by atoms with Crippen molar-refractivity contribution in [2.75, 3.05) is 12.3 Å². The van der Waals surface area contributed by atoms with Crippen molar-refractivity contribution in [2.24, 2.45) is 5.92 Å². The molecule has 2 N–H and O–H groups in total. The summed E-state index contributed by atoms with van der Waals surface area (Å²) in [6.07, 6.45) is 3.71. The Kier molecular flexibility index (Phi) is 3.91. The van der Waals surface area contributed by atoms with Crippen LogP contribution >= 0.6 is 0 Å². The fraction of sp³-hybridized carbons (Fsp3) is 0.474. The van der Waals surface area contributed by atoms with Crippen LogP contribution in [0.2, 0.25) is 0 Å².